The van der Waals surface area contributed by atoms with Crippen LogP contribution in [-0.2, 0) is 6.42 Å². The number of rotatable bonds is 1. The third kappa shape index (κ3) is 2.17. The molecule has 2 heterocycles. The van der Waals surface area contributed by atoms with Crippen molar-refractivity contribution >= 4 is 22.6 Å². The maximum Gasteiger partial charge on any atom is 0.154 e. The molecule has 0 radical (unpaired) electrons. The lowest BCUT2D eigenvalue weighted by Gasteiger charge is -2.23. The fourth-order valence-electron chi connectivity index (χ4n) is 3.31. The molecule has 1 aromatic carbocycles. The molecule has 1 N–H and O–H groups in total. The van der Waals surface area contributed by atoms with Crippen molar-refractivity contribution in [3.8, 4) is 18.2 Å². The SMILES string of the molecule is N#CC(C#N)=C1NC2=C(Cc3ccccc32)C(c2cccs2)=C1C#N. The van der Waals surface area contributed by atoms with Crippen molar-refractivity contribution in [2.24, 2.45) is 0 Å². The Labute approximate surface area is 148 Å². The molecule has 0 fully saturated rings. The average molecular weight is 338 g/mol. The summed E-state index contributed by atoms with van der Waals surface area (Å²) < 4.78 is 0. The molecule has 0 spiro atoms. The van der Waals surface area contributed by atoms with Gasteiger partial charge in [-0.1, -0.05) is 30.3 Å². The molecule has 0 bridgehead atoms. The van der Waals surface area contributed by atoms with Crippen molar-refractivity contribution in [3.63, 3.8) is 0 Å². The van der Waals surface area contributed by atoms with Crippen molar-refractivity contribution in [3.05, 3.63) is 80.2 Å². The number of thiophene rings is 1. The van der Waals surface area contributed by atoms with Gasteiger partial charge in [-0.3, -0.25) is 0 Å². The van der Waals surface area contributed by atoms with Crippen LogP contribution in [0.5, 0.6) is 0 Å². The van der Waals surface area contributed by atoms with Crippen LogP contribution in [-0.4, -0.2) is 0 Å². The number of fused-ring (bicyclic) bond motifs is 2. The van der Waals surface area contributed by atoms with E-state index in [4.69, 9.17) is 0 Å². The molecule has 1 aliphatic carbocycles. The summed E-state index contributed by atoms with van der Waals surface area (Å²) in [6.07, 6.45) is 0.721. The standard InChI is InChI=1S/C20H10N4S/c21-9-13(10-22)19-16(11-23)18(17-6-3-7-25-17)15-8-12-4-1-2-5-14(12)20(15)24-19/h1-7,24H,8H2. The highest BCUT2D eigenvalue weighted by Crippen LogP contribution is 2.46. The molecule has 25 heavy (non-hydrogen) atoms. The Morgan fingerprint density at radius 3 is 2.52 bits per heavy atom. The van der Waals surface area contributed by atoms with Gasteiger partial charge in [-0.2, -0.15) is 15.8 Å². The molecule has 0 saturated heterocycles. The Morgan fingerprint density at radius 1 is 1.04 bits per heavy atom. The number of allylic oxidation sites excluding steroid dienone is 4. The third-order valence-electron chi connectivity index (χ3n) is 4.36. The van der Waals surface area contributed by atoms with E-state index in [1.165, 1.54) is 5.56 Å². The minimum absolute atomic E-state index is 0.0819. The highest BCUT2D eigenvalue weighted by molar-refractivity contribution is 7.11. The zero-order valence-electron chi connectivity index (χ0n) is 13.0. The van der Waals surface area contributed by atoms with E-state index >= 15 is 0 Å². The first kappa shape index (κ1) is 15.0. The van der Waals surface area contributed by atoms with E-state index in [0.717, 1.165) is 33.7 Å². The highest BCUT2D eigenvalue weighted by Gasteiger charge is 2.33. The van der Waals surface area contributed by atoms with Crippen LogP contribution < -0.4 is 5.32 Å². The van der Waals surface area contributed by atoms with Crippen molar-refractivity contribution < 1.29 is 0 Å². The van der Waals surface area contributed by atoms with Crippen LogP contribution in [0.1, 0.15) is 16.0 Å². The topological polar surface area (TPSA) is 83.4 Å². The van der Waals surface area contributed by atoms with Gasteiger partial charge >= 0.3 is 0 Å². The third-order valence-corrected chi connectivity index (χ3v) is 5.25. The number of nitrogens with one attached hydrogen (secondary N) is 1. The van der Waals surface area contributed by atoms with Crippen LogP contribution in [0.4, 0.5) is 0 Å². The normalized spacial score (nSPS) is 14.8. The van der Waals surface area contributed by atoms with Gasteiger partial charge in [0.2, 0.25) is 0 Å². The van der Waals surface area contributed by atoms with Gasteiger partial charge in [0.1, 0.15) is 18.2 Å². The Morgan fingerprint density at radius 2 is 1.84 bits per heavy atom. The van der Waals surface area contributed by atoms with Crippen molar-refractivity contribution in [1.29, 1.82) is 15.8 Å². The highest BCUT2D eigenvalue weighted by atomic mass is 32.1. The van der Waals surface area contributed by atoms with Crippen molar-refractivity contribution in [2.45, 2.75) is 6.42 Å². The minimum Gasteiger partial charge on any atom is -0.352 e. The van der Waals surface area contributed by atoms with Crippen LogP contribution in [0.3, 0.4) is 0 Å². The molecular formula is C20H10N4S. The number of nitriles is 3. The summed E-state index contributed by atoms with van der Waals surface area (Å²) in [7, 11) is 0. The summed E-state index contributed by atoms with van der Waals surface area (Å²) in [5, 5.41) is 33.6. The van der Waals surface area contributed by atoms with E-state index in [-0.39, 0.29) is 5.57 Å². The van der Waals surface area contributed by atoms with Gasteiger partial charge in [-0.25, -0.2) is 0 Å². The first-order chi connectivity index (χ1) is 12.3. The Balaban J connectivity index is 2.06. The predicted molar refractivity (Wildman–Crippen MR) is 95.3 cm³/mol. The molecule has 5 heteroatoms. The number of hydrogen-bond donors (Lipinski definition) is 1. The van der Waals surface area contributed by atoms with Gasteiger partial charge in [-0.05, 0) is 22.6 Å². The summed E-state index contributed by atoms with van der Waals surface area (Å²) >= 11 is 1.55. The maximum absolute atomic E-state index is 9.79. The molecule has 0 amide bonds. The average Bonchev–Trinajstić information content (AvgIpc) is 3.29. The molecule has 1 aliphatic heterocycles. The summed E-state index contributed by atoms with van der Waals surface area (Å²) in [5.74, 6) is 0. The van der Waals surface area contributed by atoms with Crippen molar-refractivity contribution in [1.82, 2.24) is 5.32 Å². The fraction of sp³-hybridized carbons (Fsp3) is 0.0500. The molecule has 0 saturated carbocycles. The second-order valence-electron chi connectivity index (χ2n) is 5.63. The molecule has 1 aromatic heterocycles. The number of hydrogen-bond acceptors (Lipinski definition) is 5. The van der Waals surface area contributed by atoms with E-state index in [9.17, 15) is 15.8 Å². The molecule has 2 aliphatic rings. The van der Waals surface area contributed by atoms with Gasteiger partial charge in [-0.15, -0.1) is 11.3 Å². The summed E-state index contributed by atoms with van der Waals surface area (Å²) in [5.41, 5.74) is 5.54. The van der Waals surface area contributed by atoms with E-state index in [2.05, 4.69) is 17.5 Å². The van der Waals surface area contributed by atoms with Crippen LogP contribution >= 0.6 is 11.3 Å². The van der Waals surface area contributed by atoms with Crippen LogP contribution in [0.15, 0.2) is 64.2 Å². The van der Waals surface area contributed by atoms with Crippen LogP contribution in [0.25, 0.3) is 11.3 Å². The van der Waals surface area contributed by atoms with E-state index in [0.29, 0.717) is 11.3 Å². The molecule has 116 valence electrons. The lowest BCUT2D eigenvalue weighted by Crippen LogP contribution is -2.21. The van der Waals surface area contributed by atoms with Gasteiger partial charge in [0.25, 0.3) is 0 Å². The lowest BCUT2D eigenvalue weighted by atomic mass is 9.90. The largest absolute Gasteiger partial charge is 0.352 e. The van der Waals surface area contributed by atoms with E-state index < -0.39 is 0 Å². The summed E-state index contributed by atoms with van der Waals surface area (Å²) in [4.78, 5) is 0.964. The Bertz CT molecular complexity index is 1090. The summed E-state index contributed by atoms with van der Waals surface area (Å²) in [6, 6.07) is 18.0. The van der Waals surface area contributed by atoms with Crippen LogP contribution in [0, 0.1) is 34.0 Å². The molecule has 2 aromatic rings. The molecule has 0 unspecified atom stereocenters. The predicted octanol–water partition coefficient (Wildman–Crippen LogP) is 3.90. The minimum atomic E-state index is -0.0819. The monoisotopic (exact) mass is 338 g/mol. The quantitative estimate of drug-likeness (QED) is 0.799. The Hall–Kier alpha value is -3.59. The molecule has 4 rings (SSSR count). The molecule has 4 nitrogen and oxygen atoms in total. The summed E-state index contributed by atoms with van der Waals surface area (Å²) in [6.45, 7) is 0. The maximum atomic E-state index is 9.79. The number of nitrogens with zero attached hydrogens (tertiary/aromatic N) is 3. The Kier molecular flexibility index (Phi) is 3.47. The van der Waals surface area contributed by atoms with E-state index in [1.807, 2.05) is 47.9 Å². The van der Waals surface area contributed by atoms with Crippen LogP contribution in [0.2, 0.25) is 0 Å². The smallest absolute Gasteiger partial charge is 0.154 e. The first-order valence-corrected chi connectivity index (χ1v) is 8.48. The molecular weight excluding hydrogens is 328 g/mol. The second-order valence-corrected chi connectivity index (χ2v) is 6.57. The fourth-order valence-corrected chi connectivity index (χ4v) is 4.11. The zero-order valence-corrected chi connectivity index (χ0v) is 13.8. The van der Waals surface area contributed by atoms with Gasteiger partial charge in [0.15, 0.2) is 5.57 Å². The lowest BCUT2D eigenvalue weighted by molar-refractivity contribution is 1.07. The van der Waals surface area contributed by atoms with Crippen molar-refractivity contribution in [2.75, 3.05) is 0 Å². The number of benzene rings is 1. The first-order valence-electron chi connectivity index (χ1n) is 7.60. The molecule has 0 atom stereocenters. The van der Waals surface area contributed by atoms with Gasteiger partial charge < -0.3 is 5.32 Å². The van der Waals surface area contributed by atoms with Gasteiger partial charge in [0.05, 0.1) is 17.0 Å². The second kappa shape index (κ2) is 5.80. The zero-order chi connectivity index (χ0) is 17.4. The van der Waals surface area contributed by atoms with E-state index in [1.54, 1.807) is 11.3 Å². The van der Waals surface area contributed by atoms with Gasteiger partial charge in [0, 0.05) is 22.4 Å². The number of dihydropyridines is 1.